The van der Waals surface area contributed by atoms with Crippen molar-refractivity contribution in [2.75, 3.05) is 20.3 Å². The van der Waals surface area contributed by atoms with Gasteiger partial charge in [0.15, 0.2) is 12.3 Å². The Bertz CT molecular complexity index is 1020. The van der Waals surface area contributed by atoms with Gasteiger partial charge in [0.1, 0.15) is 0 Å². The SMILES string of the molecule is CCOC(=O)c1nccc2nn(Cc3ccc(OCC(F)(F)F)nc3OC)cc12. The predicted octanol–water partition coefficient (Wildman–Crippen LogP) is 3.00. The van der Waals surface area contributed by atoms with E-state index in [4.69, 9.17) is 9.47 Å². The van der Waals surface area contributed by atoms with E-state index in [2.05, 4.69) is 19.8 Å². The van der Waals surface area contributed by atoms with Crippen molar-refractivity contribution >= 4 is 16.9 Å². The van der Waals surface area contributed by atoms with E-state index in [1.165, 1.54) is 25.4 Å². The number of alkyl halides is 3. The molecule has 29 heavy (non-hydrogen) atoms. The monoisotopic (exact) mass is 410 g/mol. The maximum Gasteiger partial charge on any atom is 0.422 e. The van der Waals surface area contributed by atoms with E-state index in [0.29, 0.717) is 16.5 Å². The number of methoxy groups -OCH3 is 1. The Morgan fingerprint density at radius 3 is 2.72 bits per heavy atom. The highest BCUT2D eigenvalue weighted by Crippen LogP contribution is 2.24. The van der Waals surface area contributed by atoms with Crippen LogP contribution in [0.2, 0.25) is 0 Å². The van der Waals surface area contributed by atoms with Gasteiger partial charge in [-0.25, -0.2) is 9.78 Å². The molecule has 154 valence electrons. The van der Waals surface area contributed by atoms with Crippen molar-refractivity contribution < 1.29 is 32.2 Å². The summed E-state index contributed by atoms with van der Waals surface area (Å²) in [4.78, 5) is 20.1. The van der Waals surface area contributed by atoms with Crippen molar-refractivity contribution in [3.8, 4) is 11.8 Å². The van der Waals surface area contributed by atoms with Crippen LogP contribution in [0, 0.1) is 0 Å². The zero-order valence-corrected chi connectivity index (χ0v) is 15.6. The van der Waals surface area contributed by atoms with Crippen LogP contribution in [0.1, 0.15) is 23.0 Å². The number of fused-ring (bicyclic) bond motifs is 1. The summed E-state index contributed by atoms with van der Waals surface area (Å²) in [5.74, 6) is -0.654. The van der Waals surface area contributed by atoms with Gasteiger partial charge in [-0.15, -0.1) is 0 Å². The molecule has 0 saturated carbocycles. The van der Waals surface area contributed by atoms with Crippen LogP contribution in [0.15, 0.2) is 30.6 Å². The number of esters is 1. The molecule has 0 bridgehead atoms. The molecule has 0 aliphatic rings. The van der Waals surface area contributed by atoms with Gasteiger partial charge in [0.25, 0.3) is 0 Å². The maximum atomic E-state index is 12.3. The van der Waals surface area contributed by atoms with E-state index < -0.39 is 18.8 Å². The van der Waals surface area contributed by atoms with Crippen molar-refractivity contribution in [3.63, 3.8) is 0 Å². The normalized spacial score (nSPS) is 11.5. The minimum absolute atomic E-state index is 0.105. The van der Waals surface area contributed by atoms with Crippen LogP contribution in [-0.2, 0) is 11.3 Å². The first kappa shape index (κ1) is 20.4. The Labute approximate surface area is 163 Å². The topological polar surface area (TPSA) is 88.4 Å². The zero-order chi connectivity index (χ0) is 21.0. The summed E-state index contributed by atoms with van der Waals surface area (Å²) in [6.07, 6.45) is -1.38. The molecule has 0 spiro atoms. The quantitative estimate of drug-likeness (QED) is 0.553. The van der Waals surface area contributed by atoms with E-state index >= 15 is 0 Å². The Morgan fingerprint density at radius 2 is 2.03 bits per heavy atom. The lowest BCUT2D eigenvalue weighted by Gasteiger charge is -2.11. The lowest BCUT2D eigenvalue weighted by atomic mass is 10.2. The number of halogens is 3. The molecule has 0 unspecified atom stereocenters. The Balaban J connectivity index is 1.85. The van der Waals surface area contributed by atoms with E-state index in [0.717, 1.165) is 0 Å². The molecule has 0 saturated heterocycles. The largest absolute Gasteiger partial charge is 0.481 e. The van der Waals surface area contributed by atoms with E-state index in [1.54, 1.807) is 23.9 Å². The first-order valence-corrected chi connectivity index (χ1v) is 8.53. The average Bonchev–Trinajstić information content (AvgIpc) is 3.09. The number of hydrogen-bond acceptors (Lipinski definition) is 7. The van der Waals surface area contributed by atoms with Crippen LogP contribution in [-0.4, -0.2) is 52.2 Å². The summed E-state index contributed by atoms with van der Waals surface area (Å²) in [7, 11) is 1.35. The fourth-order valence-corrected chi connectivity index (χ4v) is 2.60. The van der Waals surface area contributed by atoms with Gasteiger partial charge in [-0.05, 0) is 19.1 Å². The van der Waals surface area contributed by atoms with Crippen molar-refractivity contribution in [3.05, 3.63) is 41.9 Å². The molecule has 3 aromatic heterocycles. The molecular formula is C18H17F3N4O4. The smallest absolute Gasteiger partial charge is 0.422 e. The molecule has 8 nitrogen and oxygen atoms in total. The van der Waals surface area contributed by atoms with E-state index in [9.17, 15) is 18.0 Å². The second-order valence-corrected chi connectivity index (χ2v) is 5.86. The lowest BCUT2D eigenvalue weighted by Crippen LogP contribution is -2.19. The molecule has 0 N–H and O–H groups in total. The Kier molecular flexibility index (Phi) is 5.85. The third kappa shape index (κ3) is 4.92. The van der Waals surface area contributed by atoms with Gasteiger partial charge in [0.05, 0.1) is 31.2 Å². The molecule has 0 amide bonds. The summed E-state index contributed by atoms with van der Waals surface area (Å²) in [5.41, 5.74) is 1.25. The number of carbonyl (C=O) groups is 1. The Morgan fingerprint density at radius 1 is 1.24 bits per heavy atom. The molecular weight excluding hydrogens is 393 g/mol. The van der Waals surface area contributed by atoms with Crippen LogP contribution in [0.5, 0.6) is 11.8 Å². The second kappa shape index (κ2) is 8.33. The van der Waals surface area contributed by atoms with Crippen LogP contribution >= 0.6 is 0 Å². The fourth-order valence-electron chi connectivity index (χ4n) is 2.60. The van der Waals surface area contributed by atoms with Crippen molar-refractivity contribution in [2.24, 2.45) is 0 Å². The van der Waals surface area contributed by atoms with Gasteiger partial charge in [0, 0.05) is 24.0 Å². The summed E-state index contributed by atoms with van der Waals surface area (Å²) >= 11 is 0. The summed E-state index contributed by atoms with van der Waals surface area (Å²) in [6, 6.07) is 4.50. The number of rotatable bonds is 7. The van der Waals surface area contributed by atoms with Crippen molar-refractivity contribution in [1.29, 1.82) is 0 Å². The first-order valence-electron chi connectivity index (χ1n) is 8.53. The first-order chi connectivity index (χ1) is 13.8. The third-order valence-corrected chi connectivity index (χ3v) is 3.77. The summed E-state index contributed by atoms with van der Waals surface area (Å²) in [5, 5.41) is 4.90. The lowest BCUT2D eigenvalue weighted by molar-refractivity contribution is -0.154. The van der Waals surface area contributed by atoms with Crippen LogP contribution in [0.25, 0.3) is 10.9 Å². The standard InChI is InChI=1S/C18H17F3N4O4/c1-3-28-17(26)15-12-9-25(24-13(12)6-7-22-15)8-11-4-5-14(23-16(11)27-2)29-10-18(19,20)21/h4-7,9H,3,8,10H2,1-2H3. The predicted molar refractivity (Wildman–Crippen MR) is 94.9 cm³/mol. The average molecular weight is 410 g/mol. The number of hydrogen-bond donors (Lipinski definition) is 0. The Hall–Kier alpha value is -3.37. The zero-order valence-electron chi connectivity index (χ0n) is 15.6. The highest BCUT2D eigenvalue weighted by molar-refractivity contribution is 6.01. The van der Waals surface area contributed by atoms with Gasteiger partial charge in [-0.3, -0.25) is 4.68 Å². The molecule has 3 rings (SSSR count). The van der Waals surface area contributed by atoms with E-state index in [-0.39, 0.29) is 30.6 Å². The van der Waals surface area contributed by atoms with Gasteiger partial charge < -0.3 is 14.2 Å². The summed E-state index contributed by atoms with van der Waals surface area (Å²) < 4.78 is 53.2. The molecule has 3 aromatic rings. The molecule has 0 aliphatic heterocycles. The second-order valence-electron chi connectivity index (χ2n) is 5.86. The minimum atomic E-state index is -4.46. The molecule has 0 atom stereocenters. The van der Waals surface area contributed by atoms with Crippen molar-refractivity contribution in [1.82, 2.24) is 19.7 Å². The number of carbonyl (C=O) groups excluding carboxylic acids is 1. The molecule has 0 aromatic carbocycles. The molecule has 3 heterocycles. The van der Waals surface area contributed by atoms with Crippen molar-refractivity contribution in [2.45, 2.75) is 19.6 Å². The highest BCUT2D eigenvalue weighted by atomic mass is 19.4. The van der Waals surface area contributed by atoms with Gasteiger partial charge in [-0.1, -0.05) is 0 Å². The minimum Gasteiger partial charge on any atom is -0.481 e. The molecule has 0 fully saturated rings. The van der Waals surface area contributed by atoms with Crippen LogP contribution in [0.3, 0.4) is 0 Å². The summed E-state index contributed by atoms with van der Waals surface area (Å²) in [6.45, 7) is 0.669. The number of aromatic nitrogens is 4. The van der Waals surface area contributed by atoms with E-state index in [1.807, 2.05) is 0 Å². The van der Waals surface area contributed by atoms with Gasteiger partial charge >= 0.3 is 12.1 Å². The third-order valence-electron chi connectivity index (χ3n) is 3.77. The van der Waals surface area contributed by atoms with Crippen LogP contribution in [0.4, 0.5) is 13.2 Å². The molecule has 0 aliphatic carbocycles. The number of ether oxygens (including phenoxy) is 3. The van der Waals surface area contributed by atoms with Crippen LogP contribution < -0.4 is 9.47 Å². The fraction of sp³-hybridized carbons (Fsp3) is 0.333. The molecule has 11 heteroatoms. The number of nitrogens with zero attached hydrogens (tertiary/aromatic N) is 4. The maximum absolute atomic E-state index is 12.3. The van der Waals surface area contributed by atoms with Gasteiger partial charge in [0.2, 0.25) is 11.8 Å². The highest BCUT2D eigenvalue weighted by Gasteiger charge is 2.28. The van der Waals surface area contributed by atoms with Gasteiger partial charge in [-0.2, -0.15) is 23.3 Å². The number of pyridine rings is 2. The molecule has 0 radical (unpaired) electrons.